The first kappa shape index (κ1) is 10.2. The highest BCUT2D eigenvalue weighted by atomic mass is 19.3. The van der Waals surface area contributed by atoms with Gasteiger partial charge in [-0.3, -0.25) is 0 Å². The second-order valence-electron chi connectivity index (χ2n) is 3.29. The number of alkyl halides is 2. The molecule has 0 amide bonds. The van der Waals surface area contributed by atoms with Crippen LogP contribution in [0.5, 0.6) is 0 Å². The lowest BCUT2D eigenvalue weighted by atomic mass is 10.0. The van der Waals surface area contributed by atoms with Gasteiger partial charge in [0.25, 0.3) is 5.92 Å². The van der Waals surface area contributed by atoms with E-state index in [1.54, 1.807) is 12.2 Å². The molecule has 0 aromatic rings. The highest BCUT2D eigenvalue weighted by molar-refractivity contribution is 5.34. The third-order valence-electron chi connectivity index (χ3n) is 2.12. The highest BCUT2D eigenvalue weighted by Gasteiger charge is 2.26. The molecule has 0 radical (unpaired) electrons. The fourth-order valence-corrected chi connectivity index (χ4v) is 1.24. The summed E-state index contributed by atoms with van der Waals surface area (Å²) in [7, 11) is 0. The maximum Gasteiger partial charge on any atom is 0.267 e. The summed E-state index contributed by atoms with van der Waals surface area (Å²) in [6.07, 6.45) is 8.26. The normalized spacial score (nSPS) is 17.8. The predicted octanol–water partition coefficient (Wildman–Crippen LogP) is 3.86. The highest BCUT2D eigenvalue weighted by Crippen LogP contribution is 2.29. The van der Waals surface area contributed by atoms with E-state index in [1.807, 2.05) is 19.1 Å². The molecule has 0 spiro atoms. The molecule has 1 aliphatic rings. The predicted molar refractivity (Wildman–Crippen MR) is 50.8 cm³/mol. The average molecular weight is 184 g/mol. The Hall–Kier alpha value is -0.920. The Labute approximate surface area is 77.6 Å². The van der Waals surface area contributed by atoms with E-state index in [4.69, 9.17) is 0 Å². The van der Waals surface area contributed by atoms with Crippen molar-refractivity contribution < 1.29 is 8.78 Å². The Morgan fingerprint density at radius 3 is 2.69 bits per heavy atom. The van der Waals surface area contributed by atoms with Gasteiger partial charge in [-0.25, -0.2) is 8.78 Å². The number of allylic oxidation sites excluding steroid dienone is 6. The van der Waals surface area contributed by atoms with Crippen molar-refractivity contribution >= 4 is 0 Å². The third kappa shape index (κ3) is 2.79. The van der Waals surface area contributed by atoms with E-state index in [1.165, 1.54) is 0 Å². The van der Waals surface area contributed by atoms with E-state index in [0.29, 0.717) is 6.42 Å². The number of hydrogen-bond acceptors (Lipinski definition) is 0. The van der Waals surface area contributed by atoms with Crippen molar-refractivity contribution in [3.8, 4) is 0 Å². The van der Waals surface area contributed by atoms with E-state index < -0.39 is 5.92 Å². The van der Waals surface area contributed by atoms with Crippen LogP contribution in [-0.2, 0) is 0 Å². The van der Waals surface area contributed by atoms with Crippen molar-refractivity contribution in [2.24, 2.45) is 0 Å². The average Bonchev–Trinajstić information content (AvgIpc) is 2.27. The molecule has 0 saturated carbocycles. The van der Waals surface area contributed by atoms with Crippen LogP contribution < -0.4 is 0 Å². The molecule has 0 saturated heterocycles. The van der Waals surface area contributed by atoms with Crippen LogP contribution >= 0.6 is 0 Å². The Morgan fingerprint density at radius 1 is 1.46 bits per heavy atom. The second kappa shape index (κ2) is 3.86. The lowest BCUT2D eigenvalue weighted by molar-refractivity contribution is 0.0612. The molecule has 72 valence electrons. The van der Waals surface area contributed by atoms with Crippen molar-refractivity contribution in [2.75, 3.05) is 0 Å². The van der Waals surface area contributed by atoms with Crippen LogP contribution in [0.1, 0.15) is 26.7 Å². The van der Waals surface area contributed by atoms with Gasteiger partial charge >= 0.3 is 0 Å². The molecule has 13 heavy (non-hydrogen) atoms. The molecule has 0 heterocycles. The van der Waals surface area contributed by atoms with Gasteiger partial charge in [0.05, 0.1) is 0 Å². The molecule has 1 rings (SSSR count). The standard InChI is InChI=1S/C11H14F2/c1-3-9-6-4-5-7-10(8-9)11(2,12)13/h4-6,8H,3,7H2,1-2H3. The molecule has 0 nitrogen and oxygen atoms in total. The van der Waals surface area contributed by atoms with Crippen LogP contribution in [0.3, 0.4) is 0 Å². The molecule has 2 heteroatoms. The minimum atomic E-state index is -2.69. The monoisotopic (exact) mass is 184 g/mol. The molecule has 0 atom stereocenters. The van der Waals surface area contributed by atoms with E-state index in [2.05, 4.69) is 0 Å². The van der Waals surface area contributed by atoms with Crippen molar-refractivity contribution in [2.45, 2.75) is 32.6 Å². The molecule has 0 unspecified atom stereocenters. The summed E-state index contributed by atoms with van der Waals surface area (Å²) in [5, 5.41) is 0. The minimum Gasteiger partial charge on any atom is -0.202 e. The smallest absolute Gasteiger partial charge is 0.202 e. The summed E-state index contributed by atoms with van der Waals surface area (Å²) in [4.78, 5) is 0. The molecule has 0 N–H and O–H groups in total. The third-order valence-corrected chi connectivity index (χ3v) is 2.12. The van der Waals surface area contributed by atoms with Crippen LogP contribution in [0, 0.1) is 0 Å². The number of rotatable bonds is 2. The lowest BCUT2D eigenvalue weighted by Gasteiger charge is -2.13. The van der Waals surface area contributed by atoms with E-state index in [9.17, 15) is 8.78 Å². The fourth-order valence-electron chi connectivity index (χ4n) is 1.24. The first-order valence-corrected chi connectivity index (χ1v) is 4.48. The van der Waals surface area contributed by atoms with E-state index >= 15 is 0 Å². The van der Waals surface area contributed by atoms with Crippen molar-refractivity contribution in [3.63, 3.8) is 0 Å². The summed E-state index contributed by atoms with van der Waals surface area (Å²) in [6.45, 7) is 2.91. The Morgan fingerprint density at radius 2 is 2.15 bits per heavy atom. The zero-order valence-corrected chi connectivity index (χ0v) is 7.98. The van der Waals surface area contributed by atoms with Crippen molar-refractivity contribution in [1.29, 1.82) is 0 Å². The van der Waals surface area contributed by atoms with Gasteiger partial charge in [0.2, 0.25) is 0 Å². The largest absolute Gasteiger partial charge is 0.267 e. The molecule has 1 aliphatic carbocycles. The summed E-state index contributed by atoms with van der Waals surface area (Å²) in [5.41, 5.74) is 1.17. The van der Waals surface area contributed by atoms with Gasteiger partial charge in [-0.2, -0.15) is 0 Å². The molecule has 0 bridgehead atoms. The van der Waals surface area contributed by atoms with Gasteiger partial charge in [0, 0.05) is 12.5 Å². The first-order chi connectivity index (χ1) is 6.04. The summed E-state index contributed by atoms with van der Waals surface area (Å²) in [5.74, 6) is -2.69. The van der Waals surface area contributed by atoms with Gasteiger partial charge < -0.3 is 0 Å². The van der Waals surface area contributed by atoms with Crippen molar-refractivity contribution in [3.05, 3.63) is 35.5 Å². The summed E-state index contributed by atoms with van der Waals surface area (Å²) in [6, 6.07) is 0. The molecular formula is C11H14F2. The Balaban J connectivity index is 2.93. The number of hydrogen-bond donors (Lipinski definition) is 0. The van der Waals surface area contributed by atoms with Crippen LogP contribution in [0.2, 0.25) is 0 Å². The van der Waals surface area contributed by atoms with Gasteiger partial charge in [0.15, 0.2) is 0 Å². The number of halogens is 2. The maximum atomic E-state index is 13.0. The van der Waals surface area contributed by atoms with Gasteiger partial charge in [-0.05, 0) is 18.4 Å². The van der Waals surface area contributed by atoms with Gasteiger partial charge in [-0.15, -0.1) is 0 Å². The maximum absolute atomic E-state index is 13.0. The summed E-state index contributed by atoms with van der Waals surface area (Å²) < 4.78 is 25.9. The summed E-state index contributed by atoms with van der Waals surface area (Å²) >= 11 is 0. The van der Waals surface area contributed by atoms with Crippen LogP contribution in [0.15, 0.2) is 35.5 Å². The fraction of sp³-hybridized carbons (Fsp3) is 0.455. The van der Waals surface area contributed by atoms with Crippen molar-refractivity contribution in [1.82, 2.24) is 0 Å². The van der Waals surface area contributed by atoms with Crippen LogP contribution in [-0.4, -0.2) is 5.92 Å². The topological polar surface area (TPSA) is 0 Å². The van der Waals surface area contributed by atoms with Crippen LogP contribution in [0.25, 0.3) is 0 Å². The molecule has 0 aliphatic heterocycles. The SMILES string of the molecule is CCC1=CC=CCC(C(C)(F)F)=C1. The molecule has 0 fully saturated rings. The lowest BCUT2D eigenvalue weighted by Crippen LogP contribution is -2.13. The van der Waals surface area contributed by atoms with Gasteiger partial charge in [-0.1, -0.05) is 31.2 Å². The van der Waals surface area contributed by atoms with E-state index in [-0.39, 0.29) is 5.57 Å². The molecule has 0 aromatic carbocycles. The molecular weight excluding hydrogens is 170 g/mol. The second-order valence-corrected chi connectivity index (χ2v) is 3.29. The molecule has 0 aromatic heterocycles. The van der Waals surface area contributed by atoms with E-state index in [0.717, 1.165) is 18.9 Å². The minimum absolute atomic E-state index is 0.203. The quantitative estimate of drug-likeness (QED) is 0.611. The van der Waals surface area contributed by atoms with Crippen LogP contribution in [0.4, 0.5) is 8.78 Å². The Kier molecular flexibility index (Phi) is 3.02. The first-order valence-electron chi connectivity index (χ1n) is 4.48. The Bertz CT molecular complexity index is 264. The zero-order valence-electron chi connectivity index (χ0n) is 7.98. The zero-order chi connectivity index (χ0) is 9.90. The van der Waals surface area contributed by atoms with Gasteiger partial charge in [0.1, 0.15) is 0 Å².